The molecule has 0 saturated heterocycles. The van der Waals surface area contributed by atoms with E-state index >= 15 is 0 Å². The quantitative estimate of drug-likeness (QED) is 0.862. The van der Waals surface area contributed by atoms with Gasteiger partial charge >= 0.3 is 0 Å². The van der Waals surface area contributed by atoms with Crippen LogP contribution in [0.1, 0.15) is 19.4 Å². The summed E-state index contributed by atoms with van der Waals surface area (Å²) in [7, 11) is 0. The minimum Gasteiger partial charge on any atom is -0.477 e. The van der Waals surface area contributed by atoms with Gasteiger partial charge in [0.2, 0.25) is 5.88 Å². The Labute approximate surface area is 113 Å². The molecule has 19 heavy (non-hydrogen) atoms. The van der Waals surface area contributed by atoms with Gasteiger partial charge in [0.15, 0.2) is 0 Å². The third kappa shape index (κ3) is 4.54. The molecule has 5 nitrogen and oxygen atoms in total. The zero-order valence-corrected chi connectivity index (χ0v) is 11.2. The van der Waals surface area contributed by atoms with Gasteiger partial charge in [0.05, 0.1) is 6.61 Å². The molecule has 2 aromatic rings. The molecular formula is C14H18N4O. The van der Waals surface area contributed by atoms with Crippen molar-refractivity contribution in [1.29, 1.82) is 0 Å². The van der Waals surface area contributed by atoms with Crippen LogP contribution in [0.2, 0.25) is 0 Å². The fourth-order valence-corrected chi connectivity index (χ4v) is 1.46. The Morgan fingerprint density at radius 2 is 2.00 bits per heavy atom. The average molecular weight is 258 g/mol. The van der Waals surface area contributed by atoms with E-state index in [1.54, 1.807) is 12.4 Å². The van der Waals surface area contributed by atoms with Crippen molar-refractivity contribution in [1.82, 2.24) is 15.0 Å². The van der Waals surface area contributed by atoms with Crippen LogP contribution in [0.3, 0.4) is 0 Å². The summed E-state index contributed by atoms with van der Waals surface area (Å²) >= 11 is 0. The van der Waals surface area contributed by atoms with Gasteiger partial charge in [-0.1, -0.05) is 13.8 Å². The van der Waals surface area contributed by atoms with Gasteiger partial charge in [0.1, 0.15) is 12.1 Å². The highest BCUT2D eigenvalue weighted by Gasteiger charge is 2.01. The predicted molar refractivity (Wildman–Crippen MR) is 73.9 cm³/mol. The number of pyridine rings is 1. The molecule has 0 aliphatic rings. The van der Waals surface area contributed by atoms with E-state index in [-0.39, 0.29) is 0 Å². The summed E-state index contributed by atoms with van der Waals surface area (Å²) in [5.41, 5.74) is 1.15. The lowest BCUT2D eigenvalue weighted by Crippen LogP contribution is -2.07. The Hall–Kier alpha value is -2.17. The van der Waals surface area contributed by atoms with Crippen molar-refractivity contribution in [3.63, 3.8) is 0 Å². The van der Waals surface area contributed by atoms with E-state index in [9.17, 15) is 0 Å². The molecule has 0 aliphatic heterocycles. The summed E-state index contributed by atoms with van der Waals surface area (Å²) in [6.45, 7) is 5.55. The summed E-state index contributed by atoms with van der Waals surface area (Å²) in [5, 5.41) is 3.23. The summed E-state index contributed by atoms with van der Waals surface area (Å²) in [4.78, 5) is 12.2. The SMILES string of the molecule is CC(C)COc1cc(NCc2ccncc2)ncn1. The Bertz CT molecular complexity index is 502. The van der Waals surface area contributed by atoms with Crippen LogP contribution < -0.4 is 10.1 Å². The second kappa shape index (κ2) is 6.68. The van der Waals surface area contributed by atoms with Gasteiger partial charge in [-0.05, 0) is 23.6 Å². The van der Waals surface area contributed by atoms with Crippen molar-refractivity contribution in [3.05, 3.63) is 42.5 Å². The maximum Gasteiger partial charge on any atom is 0.218 e. The Morgan fingerprint density at radius 1 is 1.21 bits per heavy atom. The maximum absolute atomic E-state index is 5.56. The number of ether oxygens (including phenoxy) is 1. The highest BCUT2D eigenvalue weighted by atomic mass is 16.5. The second-order valence-electron chi connectivity index (χ2n) is 4.66. The maximum atomic E-state index is 5.56. The van der Waals surface area contributed by atoms with E-state index in [1.165, 1.54) is 6.33 Å². The third-order valence-electron chi connectivity index (χ3n) is 2.43. The van der Waals surface area contributed by atoms with Crippen LogP contribution in [0.5, 0.6) is 5.88 Å². The van der Waals surface area contributed by atoms with Crippen LogP contribution in [-0.2, 0) is 6.54 Å². The fraction of sp³-hybridized carbons (Fsp3) is 0.357. The van der Waals surface area contributed by atoms with Crippen molar-refractivity contribution in [3.8, 4) is 5.88 Å². The molecule has 0 radical (unpaired) electrons. The first-order chi connectivity index (χ1) is 9.24. The highest BCUT2D eigenvalue weighted by Crippen LogP contribution is 2.12. The number of anilines is 1. The number of nitrogens with zero attached hydrogens (tertiary/aromatic N) is 3. The zero-order valence-electron chi connectivity index (χ0n) is 11.2. The second-order valence-corrected chi connectivity index (χ2v) is 4.66. The predicted octanol–water partition coefficient (Wildman–Crippen LogP) is 2.52. The molecule has 5 heteroatoms. The highest BCUT2D eigenvalue weighted by molar-refractivity contribution is 5.37. The monoisotopic (exact) mass is 258 g/mol. The van der Waals surface area contributed by atoms with Crippen molar-refractivity contribution < 1.29 is 4.74 Å². The summed E-state index contributed by atoms with van der Waals surface area (Å²) in [5.74, 6) is 1.83. The van der Waals surface area contributed by atoms with E-state index in [0.717, 1.165) is 11.4 Å². The van der Waals surface area contributed by atoms with Crippen LogP contribution in [0.4, 0.5) is 5.82 Å². The molecule has 100 valence electrons. The van der Waals surface area contributed by atoms with Gasteiger partial charge in [-0.2, -0.15) is 0 Å². The van der Waals surface area contributed by atoms with E-state index in [2.05, 4.69) is 34.1 Å². The minimum atomic E-state index is 0.475. The first kappa shape index (κ1) is 13.3. The molecule has 0 fully saturated rings. The van der Waals surface area contributed by atoms with E-state index in [4.69, 9.17) is 4.74 Å². The molecule has 0 aliphatic carbocycles. The normalized spacial score (nSPS) is 10.5. The van der Waals surface area contributed by atoms with Crippen molar-refractivity contribution in [2.45, 2.75) is 20.4 Å². The number of aromatic nitrogens is 3. The molecule has 0 atom stereocenters. The summed E-state index contributed by atoms with van der Waals surface area (Å²) < 4.78 is 5.56. The first-order valence-corrected chi connectivity index (χ1v) is 6.31. The largest absolute Gasteiger partial charge is 0.477 e. The molecular weight excluding hydrogens is 240 g/mol. The summed E-state index contributed by atoms with van der Waals surface area (Å²) in [6.07, 6.45) is 5.05. The van der Waals surface area contributed by atoms with Gasteiger partial charge in [-0.15, -0.1) is 0 Å². The van der Waals surface area contributed by atoms with E-state index in [0.29, 0.717) is 24.9 Å². The van der Waals surface area contributed by atoms with Crippen LogP contribution in [0, 0.1) is 5.92 Å². The molecule has 0 amide bonds. The van der Waals surface area contributed by atoms with E-state index < -0.39 is 0 Å². The lowest BCUT2D eigenvalue weighted by molar-refractivity contribution is 0.261. The number of hydrogen-bond acceptors (Lipinski definition) is 5. The van der Waals surface area contributed by atoms with Crippen LogP contribution >= 0.6 is 0 Å². The number of hydrogen-bond donors (Lipinski definition) is 1. The molecule has 0 saturated carbocycles. The lowest BCUT2D eigenvalue weighted by atomic mass is 10.2. The molecule has 0 unspecified atom stereocenters. The average Bonchev–Trinajstić information content (AvgIpc) is 2.44. The molecule has 0 aromatic carbocycles. The van der Waals surface area contributed by atoms with Crippen LogP contribution in [-0.4, -0.2) is 21.6 Å². The Kier molecular flexibility index (Phi) is 4.66. The topological polar surface area (TPSA) is 59.9 Å². The fourth-order valence-electron chi connectivity index (χ4n) is 1.46. The Balaban J connectivity index is 1.91. The van der Waals surface area contributed by atoms with Crippen LogP contribution in [0.25, 0.3) is 0 Å². The number of nitrogens with one attached hydrogen (secondary N) is 1. The van der Waals surface area contributed by atoms with Gasteiger partial charge in [0, 0.05) is 25.0 Å². The van der Waals surface area contributed by atoms with Gasteiger partial charge < -0.3 is 10.1 Å². The molecule has 0 bridgehead atoms. The van der Waals surface area contributed by atoms with Crippen LogP contribution in [0.15, 0.2) is 36.9 Å². The van der Waals surface area contributed by atoms with E-state index in [1.807, 2.05) is 18.2 Å². The summed E-state index contributed by atoms with van der Waals surface area (Å²) in [6, 6.07) is 5.73. The first-order valence-electron chi connectivity index (χ1n) is 6.31. The standard InChI is InChI=1S/C14H18N4O/c1-11(2)9-19-14-7-13(17-10-18-14)16-8-12-3-5-15-6-4-12/h3-7,10-11H,8-9H2,1-2H3,(H,16,17,18). The molecule has 1 N–H and O–H groups in total. The van der Waals surface area contributed by atoms with Gasteiger partial charge in [0.25, 0.3) is 0 Å². The third-order valence-corrected chi connectivity index (χ3v) is 2.43. The van der Waals surface area contributed by atoms with Crippen molar-refractivity contribution >= 4 is 5.82 Å². The molecule has 0 spiro atoms. The smallest absolute Gasteiger partial charge is 0.218 e. The molecule has 2 heterocycles. The minimum absolute atomic E-state index is 0.475. The molecule has 2 aromatic heterocycles. The lowest BCUT2D eigenvalue weighted by Gasteiger charge is -2.09. The van der Waals surface area contributed by atoms with Crippen molar-refractivity contribution in [2.75, 3.05) is 11.9 Å². The molecule has 2 rings (SSSR count). The van der Waals surface area contributed by atoms with Gasteiger partial charge in [-0.3, -0.25) is 4.98 Å². The van der Waals surface area contributed by atoms with Gasteiger partial charge in [-0.25, -0.2) is 9.97 Å². The number of rotatable bonds is 6. The Morgan fingerprint density at radius 3 is 2.74 bits per heavy atom. The zero-order chi connectivity index (χ0) is 13.5. The van der Waals surface area contributed by atoms with Crippen molar-refractivity contribution in [2.24, 2.45) is 5.92 Å².